The molecule has 2 aliphatic rings. The second-order valence-corrected chi connectivity index (χ2v) is 8.91. The van der Waals surface area contributed by atoms with Gasteiger partial charge in [-0.1, -0.05) is 29.6 Å². The summed E-state index contributed by atoms with van der Waals surface area (Å²) in [6, 6.07) is 4.38. The number of halogens is 2. The van der Waals surface area contributed by atoms with Crippen molar-refractivity contribution in [2.45, 2.75) is 38.1 Å². The van der Waals surface area contributed by atoms with E-state index in [1.807, 2.05) is 0 Å². The molecular weight excluding hydrogens is 415 g/mol. The number of carbonyl (C=O) groups is 1. The zero-order valence-electron chi connectivity index (χ0n) is 14.7. The van der Waals surface area contributed by atoms with Crippen LogP contribution in [0.25, 0.3) is 0 Å². The molecule has 0 aliphatic carbocycles. The average molecular weight is 437 g/mol. The molecule has 2 saturated heterocycles. The van der Waals surface area contributed by atoms with E-state index in [9.17, 15) is 13.2 Å². The Bertz CT molecular complexity index is 788. The predicted octanol–water partition coefficient (Wildman–Crippen LogP) is 3.61. The first-order valence-electron chi connectivity index (χ1n) is 8.92. The van der Waals surface area contributed by atoms with Crippen molar-refractivity contribution in [3.05, 3.63) is 28.2 Å². The lowest BCUT2D eigenvalue weighted by molar-refractivity contribution is 0.0244. The molecular formula is C17H22Cl2N2O5S. The van der Waals surface area contributed by atoms with Gasteiger partial charge in [0.15, 0.2) is 0 Å². The summed E-state index contributed by atoms with van der Waals surface area (Å²) in [5.74, 6) is 0.165. The quantitative estimate of drug-likeness (QED) is 0.758. The number of nitrogens with zero attached hydrogens (tertiary/aromatic N) is 1. The zero-order chi connectivity index (χ0) is 19.4. The molecule has 0 saturated carbocycles. The van der Waals surface area contributed by atoms with Gasteiger partial charge in [0, 0.05) is 18.0 Å². The number of ether oxygens (including phenoxy) is 1. The first-order chi connectivity index (χ1) is 12.8. The largest absolute Gasteiger partial charge is 0.448 e. The first-order valence-corrected chi connectivity index (χ1v) is 11.1. The maximum atomic E-state index is 12.0. The normalized spacial score (nSPS) is 23.3. The highest BCUT2D eigenvalue weighted by Gasteiger charge is 2.33. The van der Waals surface area contributed by atoms with Crippen LogP contribution in [0.1, 0.15) is 32.1 Å². The van der Waals surface area contributed by atoms with E-state index in [-0.39, 0.29) is 28.3 Å². The Balaban J connectivity index is 1.51. The number of fused-ring (bicyclic) bond motifs is 1. The molecule has 2 unspecified atom stereocenters. The van der Waals surface area contributed by atoms with Gasteiger partial charge < -0.3 is 8.92 Å². The number of benzene rings is 1. The molecule has 0 aromatic heterocycles. The highest BCUT2D eigenvalue weighted by atomic mass is 35.5. The third-order valence-electron chi connectivity index (χ3n) is 4.96. The number of carbonyl (C=O) groups excluding carboxylic acids is 1. The summed E-state index contributed by atoms with van der Waals surface area (Å²) in [7, 11) is -4.38. The summed E-state index contributed by atoms with van der Waals surface area (Å²) in [6.07, 6.45) is 4.45. The van der Waals surface area contributed by atoms with Crippen LogP contribution in [0.5, 0.6) is 5.75 Å². The second kappa shape index (κ2) is 8.86. The van der Waals surface area contributed by atoms with Crippen LogP contribution >= 0.6 is 23.2 Å². The van der Waals surface area contributed by atoms with E-state index in [0.717, 1.165) is 32.4 Å². The van der Waals surface area contributed by atoms with Crippen molar-refractivity contribution < 1.29 is 22.1 Å². The molecule has 10 heteroatoms. The van der Waals surface area contributed by atoms with Crippen LogP contribution in [0.2, 0.25) is 10.0 Å². The van der Waals surface area contributed by atoms with Crippen LogP contribution in [0.15, 0.2) is 18.2 Å². The third kappa shape index (κ3) is 5.63. The van der Waals surface area contributed by atoms with E-state index in [1.54, 1.807) is 4.72 Å². The van der Waals surface area contributed by atoms with Crippen molar-refractivity contribution in [2.75, 3.05) is 19.7 Å². The molecule has 0 bridgehead atoms. The highest BCUT2D eigenvalue weighted by molar-refractivity contribution is 7.85. The Morgan fingerprint density at radius 3 is 2.70 bits per heavy atom. The molecule has 2 heterocycles. The summed E-state index contributed by atoms with van der Waals surface area (Å²) < 4.78 is 35.6. The van der Waals surface area contributed by atoms with Gasteiger partial charge in [-0.3, -0.25) is 4.90 Å². The molecule has 150 valence electrons. The predicted molar refractivity (Wildman–Crippen MR) is 102 cm³/mol. The molecule has 1 aromatic carbocycles. The van der Waals surface area contributed by atoms with E-state index >= 15 is 0 Å². The van der Waals surface area contributed by atoms with Gasteiger partial charge in [-0.2, -0.15) is 13.1 Å². The number of rotatable bonds is 5. The van der Waals surface area contributed by atoms with Gasteiger partial charge in [-0.15, -0.1) is 0 Å². The number of piperidine rings is 2. The first kappa shape index (κ1) is 20.5. The topological polar surface area (TPSA) is 84.9 Å². The Hall–Kier alpha value is -1.22. The van der Waals surface area contributed by atoms with Gasteiger partial charge in [0.25, 0.3) is 0 Å². The van der Waals surface area contributed by atoms with Crippen molar-refractivity contribution in [1.29, 1.82) is 0 Å². The number of hydrogen-bond acceptors (Lipinski definition) is 6. The smallest absolute Gasteiger partial charge is 0.423 e. The molecule has 7 nitrogen and oxygen atoms in total. The van der Waals surface area contributed by atoms with Gasteiger partial charge in [0.2, 0.25) is 0 Å². The summed E-state index contributed by atoms with van der Waals surface area (Å²) in [6.45, 7) is 2.35. The zero-order valence-corrected chi connectivity index (χ0v) is 17.0. The van der Waals surface area contributed by atoms with E-state index in [4.69, 9.17) is 32.1 Å². The molecule has 27 heavy (non-hydrogen) atoms. The van der Waals surface area contributed by atoms with Crippen LogP contribution in [0.4, 0.5) is 4.79 Å². The minimum atomic E-state index is -4.38. The average Bonchev–Trinajstić information content (AvgIpc) is 2.62. The number of nitrogens with one attached hydrogen (secondary N) is 1. The highest BCUT2D eigenvalue weighted by Crippen LogP contribution is 2.31. The lowest BCUT2D eigenvalue weighted by Gasteiger charge is -2.44. The molecule has 1 amide bonds. The van der Waals surface area contributed by atoms with Gasteiger partial charge in [-0.25, -0.2) is 4.79 Å². The maximum absolute atomic E-state index is 12.0. The Labute approximate surface area is 169 Å². The molecule has 0 spiro atoms. The van der Waals surface area contributed by atoms with Gasteiger partial charge >= 0.3 is 16.4 Å². The summed E-state index contributed by atoms with van der Waals surface area (Å²) in [5, 5.41) is 0.402. The summed E-state index contributed by atoms with van der Waals surface area (Å²) in [4.78, 5) is 14.4. The molecule has 1 aromatic rings. The Morgan fingerprint density at radius 2 is 1.93 bits per heavy atom. The molecule has 2 fully saturated rings. The van der Waals surface area contributed by atoms with Gasteiger partial charge in [-0.05, 0) is 50.9 Å². The molecule has 2 atom stereocenters. The molecule has 2 aliphatic heterocycles. The van der Waals surface area contributed by atoms with E-state index in [0.29, 0.717) is 6.04 Å². The van der Waals surface area contributed by atoms with E-state index in [1.165, 1.54) is 31.0 Å². The monoisotopic (exact) mass is 436 g/mol. The molecule has 1 N–H and O–H groups in total. The van der Waals surface area contributed by atoms with E-state index < -0.39 is 16.4 Å². The van der Waals surface area contributed by atoms with Gasteiger partial charge in [0.1, 0.15) is 5.75 Å². The SMILES string of the molecule is O=C(NS(=O)(=O)Oc1ccc(Cl)c(Cl)c1)OCC1CCCN2CCCCC12. The lowest BCUT2D eigenvalue weighted by atomic mass is 9.84. The Morgan fingerprint density at radius 1 is 1.15 bits per heavy atom. The van der Waals surface area contributed by atoms with Crippen LogP contribution < -0.4 is 8.91 Å². The fourth-order valence-corrected chi connectivity index (χ4v) is 4.71. The van der Waals surface area contributed by atoms with Crippen LogP contribution in [0, 0.1) is 5.92 Å². The fraction of sp³-hybridized carbons (Fsp3) is 0.588. The van der Waals surface area contributed by atoms with Crippen molar-refractivity contribution in [3.63, 3.8) is 0 Å². The lowest BCUT2D eigenvalue weighted by Crippen LogP contribution is -2.49. The molecule has 3 rings (SSSR count). The van der Waals surface area contributed by atoms with Crippen LogP contribution in [-0.2, 0) is 15.0 Å². The van der Waals surface area contributed by atoms with E-state index in [2.05, 4.69) is 4.90 Å². The number of hydrogen-bond donors (Lipinski definition) is 1. The number of amides is 1. The molecule has 0 radical (unpaired) electrons. The van der Waals surface area contributed by atoms with Crippen molar-refractivity contribution >= 4 is 39.6 Å². The third-order valence-corrected chi connectivity index (χ3v) is 6.53. The van der Waals surface area contributed by atoms with Crippen molar-refractivity contribution in [2.24, 2.45) is 5.92 Å². The summed E-state index contributed by atoms with van der Waals surface area (Å²) in [5.41, 5.74) is 0. The Kier molecular flexibility index (Phi) is 6.73. The summed E-state index contributed by atoms with van der Waals surface area (Å²) >= 11 is 11.6. The van der Waals surface area contributed by atoms with Crippen LogP contribution in [0.3, 0.4) is 0 Å². The van der Waals surface area contributed by atoms with Crippen molar-refractivity contribution in [1.82, 2.24) is 9.62 Å². The standard InChI is InChI=1S/C17H22Cl2N2O5S/c18-14-7-6-13(10-15(14)19)26-27(23,24)20-17(22)25-11-12-4-3-9-21-8-2-1-5-16(12)21/h6-7,10,12,16H,1-5,8-9,11H2,(H,20,22). The van der Waals surface area contributed by atoms with Gasteiger partial charge in [0.05, 0.1) is 16.7 Å². The fourth-order valence-electron chi connectivity index (χ4n) is 3.76. The van der Waals surface area contributed by atoms with Crippen molar-refractivity contribution in [3.8, 4) is 5.75 Å². The minimum absolute atomic E-state index is 0.0603. The second-order valence-electron chi connectivity index (χ2n) is 6.82. The maximum Gasteiger partial charge on any atom is 0.423 e. The van der Waals surface area contributed by atoms with Crippen LogP contribution in [-0.4, -0.2) is 45.1 Å². The minimum Gasteiger partial charge on any atom is -0.448 e.